The van der Waals surface area contributed by atoms with Crippen LogP contribution in [0.1, 0.15) is 5.56 Å². The average molecular weight is 499 g/mol. The number of nitrogens with one attached hydrogen (secondary N) is 1. The number of anilines is 1. The summed E-state index contributed by atoms with van der Waals surface area (Å²) in [6.07, 6.45) is 1.33. The number of carbonyl (C=O) groups is 1. The van der Waals surface area contributed by atoms with Gasteiger partial charge in [-0.3, -0.25) is 19.2 Å². The molecule has 0 spiro atoms. The number of benzene rings is 3. The Morgan fingerprint density at radius 3 is 2.31 bits per heavy atom. The highest BCUT2D eigenvalue weighted by atomic mass is 32.2. The third-order valence-corrected chi connectivity index (χ3v) is 6.58. The number of hydrazone groups is 1. The molecule has 0 heterocycles. The monoisotopic (exact) mass is 498 g/mol. The predicted octanol–water partition coefficient (Wildman–Crippen LogP) is 2.96. The maximum atomic E-state index is 13.3. The predicted molar refractivity (Wildman–Crippen MR) is 129 cm³/mol. The second-order valence-corrected chi connectivity index (χ2v) is 8.84. The zero-order chi connectivity index (χ0) is 25.4. The molecule has 0 radical (unpaired) electrons. The fraction of sp³-hybridized carbons (Fsp3) is 0.130. The molecule has 3 aromatic carbocycles. The van der Waals surface area contributed by atoms with Gasteiger partial charge in [0.15, 0.2) is 11.5 Å². The van der Waals surface area contributed by atoms with Crippen molar-refractivity contribution in [1.29, 1.82) is 0 Å². The second-order valence-electron chi connectivity index (χ2n) is 6.97. The van der Waals surface area contributed by atoms with Gasteiger partial charge in [-0.05, 0) is 36.4 Å². The number of methoxy groups -OCH3 is 2. The van der Waals surface area contributed by atoms with Gasteiger partial charge in [0.05, 0.1) is 35.9 Å². The summed E-state index contributed by atoms with van der Waals surface area (Å²) in [5, 5.41) is 14.9. The Labute approximate surface area is 201 Å². The number of nitrogens with zero attached hydrogens (tertiary/aromatic N) is 3. The van der Waals surface area contributed by atoms with Crippen molar-refractivity contribution in [2.75, 3.05) is 25.1 Å². The van der Waals surface area contributed by atoms with Crippen LogP contribution in [0.4, 0.5) is 11.4 Å². The third-order valence-electron chi connectivity index (χ3n) is 4.79. The van der Waals surface area contributed by atoms with E-state index in [2.05, 4.69) is 10.5 Å². The largest absolute Gasteiger partial charge is 0.493 e. The molecular formula is C23H22N4O7S. The zero-order valence-corrected chi connectivity index (χ0v) is 19.6. The zero-order valence-electron chi connectivity index (χ0n) is 18.8. The lowest BCUT2D eigenvalue weighted by molar-refractivity contribution is -0.384. The van der Waals surface area contributed by atoms with Crippen LogP contribution < -0.4 is 19.2 Å². The fourth-order valence-corrected chi connectivity index (χ4v) is 4.57. The molecule has 0 aromatic heterocycles. The summed E-state index contributed by atoms with van der Waals surface area (Å²) in [5.41, 5.74) is 2.68. The average Bonchev–Trinajstić information content (AvgIpc) is 2.87. The van der Waals surface area contributed by atoms with E-state index in [-0.39, 0.29) is 16.3 Å². The van der Waals surface area contributed by atoms with E-state index in [1.165, 1.54) is 44.7 Å². The van der Waals surface area contributed by atoms with E-state index in [1.807, 2.05) is 0 Å². The van der Waals surface area contributed by atoms with Gasteiger partial charge in [0.2, 0.25) is 0 Å². The standard InChI is InChI=1S/C23H22N4O7S/c1-33-21-10-6-7-17(23(21)34-2)15-24-25-22(28)16-26(18-11-13-19(14-12-18)27(29)30)35(31,32)20-8-4-3-5-9-20/h3-15H,16H2,1-2H3,(H,25,28)/b24-15-. The summed E-state index contributed by atoms with van der Waals surface area (Å²) in [6, 6.07) is 17.5. The van der Waals surface area contributed by atoms with Gasteiger partial charge in [-0.15, -0.1) is 0 Å². The summed E-state index contributed by atoms with van der Waals surface area (Å²) in [7, 11) is -1.22. The van der Waals surface area contributed by atoms with E-state index in [4.69, 9.17) is 9.47 Å². The molecule has 3 rings (SSSR count). The van der Waals surface area contributed by atoms with Crippen LogP contribution in [0.5, 0.6) is 11.5 Å². The van der Waals surface area contributed by atoms with E-state index >= 15 is 0 Å². The molecule has 35 heavy (non-hydrogen) atoms. The van der Waals surface area contributed by atoms with Gasteiger partial charge >= 0.3 is 0 Å². The summed E-state index contributed by atoms with van der Waals surface area (Å²) < 4.78 is 37.9. The highest BCUT2D eigenvalue weighted by Crippen LogP contribution is 2.29. The summed E-state index contributed by atoms with van der Waals surface area (Å²) >= 11 is 0. The van der Waals surface area contributed by atoms with Crippen LogP contribution in [0.2, 0.25) is 0 Å². The quantitative estimate of drug-likeness (QED) is 0.257. The molecule has 1 N–H and O–H groups in total. The van der Waals surface area contributed by atoms with E-state index in [0.717, 1.165) is 16.4 Å². The highest BCUT2D eigenvalue weighted by Gasteiger charge is 2.27. The number of para-hydroxylation sites is 1. The van der Waals surface area contributed by atoms with Gasteiger partial charge in [-0.25, -0.2) is 13.8 Å². The maximum Gasteiger partial charge on any atom is 0.269 e. The van der Waals surface area contributed by atoms with Crippen LogP contribution in [0, 0.1) is 10.1 Å². The van der Waals surface area contributed by atoms with E-state index in [1.54, 1.807) is 36.4 Å². The van der Waals surface area contributed by atoms with E-state index in [9.17, 15) is 23.3 Å². The molecule has 3 aromatic rings. The maximum absolute atomic E-state index is 13.3. The number of non-ortho nitro benzene ring substituents is 1. The Morgan fingerprint density at radius 2 is 1.71 bits per heavy atom. The van der Waals surface area contributed by atoms with E-state index < -0.39 is 27.4 Å². The van der Waals surface area contributed by atoms with Crippen molar-refractivity contribution in [3.63, 3.8) is 0 Å². The lowest BCUT2D eigenvalue weighted by Gasteiger charge is -2.23. The Morgan fingerprint density at radius 1 is 1.03 bits per heavy atom. The number of hydrogen-bond acceptors (Lipinski definition) is 8. The number of carbonyl (C=O) groups excluding carboxylic acids is 1. The van der Waals surface area contributed by atoms with Crippen LogP contribution in [0.15, 0.2) is 82.8 Å². The SMILES string of the molecule is COc1cccc(/C=N\NC(=O)CN(c2ccc([N+](=O)[O-])cc2)S(=O)(=O)c2ccccc2)c1OC. The Balaban J connectivity index is 1.86. The minimum absolute atomic E-state index is 0.0456. The molecule has 0 atom stereocenters. The summed E-state index contributed by atoms with van der Waals surface area (Å²) in [6.45, 7) is -0.623. The topological polar surface area (TPSA) is 140 Å². The van der Waals surface area contributed by atoms with Crippen LogP contribution in [0.25, 0.3) is 0 Å². The van der Waals surface area contributed by atoms with Gasteiger partial charge in [0, 0.05) is 17.7 Å². The van der Waals surface area contributed by atoms with Crippen molar-refractivity contribution in [3.8, 4) is 11.5 Å². The third kappa shape index (κ3) is 5.92. The normalized spacial score (nSPS) is 11.1. The first-order valence-corrected chi connectivity index (χ1v) is 11.6. The molecule has 11 nitrogen and oxygen atoms in total. The first-order chi connectivity index (χ1) is 16.8. The minimum atomic E-state index is -4.16. The van der Waals surface area contributed by atoms with Gasteiger partial charge in [0.25, 0.3) is 21.6 Å². The number of rotatable bonds is 10. The van der Waals surface area contributed by atoms with Gasteiger partial charge in [0.1, 0.15) is 6.54 Å². The minimum Gasteiger partial charge on any atom is -0.493 e. The summed E-state index contributed by atoms with van der Waals surface area (Å²) in [5.74, 6) is 0.147. The second kappa shape index (κ2) is 11.1. The number of nitro benzene ring substituents is 1. The van der Waals surface area contributed by atoms with Crippen LogP contribution in [-0.2, 0) is 14.8 Å². The van der Waals surface area contributed by atoms with Gasteiger partial charge < -0.3 is 9.47 Å². The van der Waals surface area contributed by atoms with Crippen LogP contribution >= 0.6 is 0 Å². The number of nitro groups is 1. The molecule has 0 aliphatic rings. The van der Waals surface area contributed by atoms with Crippen molar-refractivity contribution in [1.82, 2.24) is 5.43 Å². The van der Waals surface area contributed by atoms with E-state index in [0.29, 0.717) is 17.1 Å². The van der Waals surface area contributed by atoms with Crippen molar-refractivity contribution >= 4 is 33.5 Å². The molecule has 0 unspecified atom stereocenters. The fourth-order valence-electron chi connectivity index (χ4n) is 3.13. The highest BCUT2D eigenvalue weighted by molar-refractivity contribution is 7.92. The lowest BCUT2D eigenvalue weighted by atomic mass is 10.2. The Hall–Kier alpha value is -4.45. The van der Waals surface area contributed by atoms with Crippen LogP contribution in [0.3, 0.4) is 0 Å². The molecule has 0 bridgehead atoms. The van der Waals surface area contributed by atoms with Gasteiger partial charge in [-0.1, -0.05) is 24.3 Å². The first-order valence-electron chi connectivity index (χ1n) is 10.1. The number of hydrogen-bond donors (Lipinski definition) is 1. The molecule has 0 saturated carbocycles. The molecule has 1 amide bonds. The van der Waals surface area contributed by atoms with Crippen molar-refractivity contribution < 1.29 is 27.6 Å². The van der Waals surface area contributed by atoms with Gasteiger partial charge in [-0.2, -0.15) is 5.10 Å². The molecule has 0 aliphatic carbocycles. The number of amides is 1. The summed E-state index contributed by atoms with van der Waals surface area (Å²) in [4.78, 5) is 23.0. The van der Waals surface area contributed by atoms with Crippen molar-refractivity contribution in [3.05, 3.63) is 88.5 Å². The van der Waals surface area contributed by atoms with Crippen molar-refractivity contribution in [2.45, 2.75) is 4.90 Å². The smallest absolute Gasteiger partial charge is 0.269 e. The Kier molecular flexibility index (Phi) is 8.00. The lowest BCUT2D eigenvalue weighted by Crippen LogP contribution is -2.39. The molecular weight excluding hydrogens is 476 g/mol. The van der Waals surface area contributed by atoms with Crippen LogP contribution in [-0.4, -0.2) is 46.2 Å². The Bertz CT molecular complexity index is 1330. The first kappa shape index (κ1) is 25.2. The molecule has 0 fully saturated rings. The molecule has 12 heteroatoms. The van der Waals surface area contributed by atoms with Crippen molar-refractivity contribution in [2.24, 2.45) is 5.10 Å². The number of sulfonamides is 1. The molecule has 0 aliphatic heterocycles. The number of ether oxygens (including phenoxy) is 2. The molecule has 182 valence electrons. The molecule has 0 saturated heterocycles.